The van der Waals surface area contributed by atoms with Crippen LogP contribution in [0.4, 0.5) is 5.13 Å². The van der Waals surface area contributed by atoms with Crippen LogP contribution in [-0.2, 0) is 4.74 Å². The van der Waals surface area contributed by atoms with E-state index in [0.29, 0.717) is 49.0 Å². The highest BCUT2D eigenvalue weighted by atomic mass is 32.1. The second-order valence-electron chi connectivity index (χ2n) is 7.94. The van der Waals surface area contributed by atoms with E-state index in [1.807, 2.05) is 25.1 Å². The van der Waals surface area contributed by atoms with Gasteiger partial charge in [0.15, 0.2) is 5.13 Å². The first-order valence-electron chi connectivity index (χ1n) is 11.3. The quantitative estimate of drug-likeness (QED) is 0.399. The van der Waals surface area contributed by atoms with Crippen LogP contribution in [0.25, 0.3) is 21.2 Å². The van der Waals surface area contributed by atoms with E-state index in [1.54, 1.807) is 29.2 Å². The van der Waals surface area contributed by atoms with Crippen molar-refractivity contribution in [2.45, 2.75) is 6.92 Å². The smallest absolute Gasteiger partial charge is 0.267 e. The first kappa shape index (κ1) is 22.5. The van der Waals surface area contributed by atoms with Gasteiger partial charge >= 0.3 is 0 Å². The number of hydrogen-bond acceptors (Lipinski definition) is 8. The fraction of sp³-hybridized carbons (Fsp3) is 0.320. The van der Waals surface area contributed by atoms with Crippen molar-refractivity contribution in [1.82, 2.24) is 9.88 Å². The summed E-state index contributed by atoms with van der Waals surface area (Å²) >= 11 is 1.40. The van der Waals surface area contributed by atoms with Gasteiger partial charge in [0.05, 0.1) is 35.4 Å². The van der Waals surface area contributed by atoms with Crippen molar-refractivity contribution in [3.8, 4) is 5.75 Å². The van der Waals surface area contributed by atoms with E-state index < -0.39 is 5.91 Å². The Morgan fingerprint density at radius 1 is 1.21 bits per heavy atom. The molecular weight excluding hydrogens is 454 g/mol. The molecule has 8 nitrogen and oxygen atoms in total. The fourth-order valence-electron chi connectivity index (χ4n) is 3.99. The van der Waals surface area contributed by atoms with E-state index >= 15 is 0 Å². The molecule has 0 N–H and O–H groups in total. The van der Waals surface area contributed by atoms with Gasteiger partial charge < -0.3 is 13.9 Å². The number of anilines is 1. The van der Waals surface area contributed by atoms with Gasteiger partial charge in [-0.15, -0.1) is 0 Å². The Hall–Kier alpha value is -3.27. The maximum atomic E-state index is 13.7. The normalized spacial score (nSPS) is 14.5. The van der Waals surface area contributed by atoms with Gasteiger partial charge in [0.2, 0.25) is 5.43 Å². The van der Waals surface area contributed by atoms with Crippen molar-refractivity contribution in [3.63, 3.8) is 0 Å². The number of amides is 1. The summed E-state index contributed by atoms with van der Waals surface area (Å²) < 4.78 is 17.6. The lowest BCUT2D eigenvalue weighted by atomic mass is 10.1. The third-order valence-corrected chi connectivity index (χ3v) is 6.83. The number of carbonyl (C=O) groups excluding carboxylic acids is 1. The average molecular weight is 480 g/mol. The van der Waals surface area contributed by atoms with Crippen molar-refractivity contribution < 1.29 is 18.7 Å². The van der Waals surface area contributed by atoms with Crippen molar-refractivity contribution in [2.75, 3.05) is 50.9 Å². The van der Waals surface area contributed by atoms with Crippen LogP contribution in [-0.4, -0.2) is 61.8 Å². The molecule has 2 aromatic heterocycles. The van der Waals surface area contributed by atoms with Crippen molar-refractivity contribution in [1.29, 1.82) is 0 Å². The summed E-state index contributed by atoms with van der Waals surface area (Å²) in [5.41, 5.74) is 0.878. The van der Waals surface area contributed by atoms with Crippen LogP contribution in [0, 0.1) is 0 Å². The summed E-state index contributed by atoms with van der Waals surface area (Å²) in [7, 11) is 0. The molecule has 0 spiro atoms. The minimum Gasteiger partial charge on any atom is -0.494 e. The van der Waals surface area contributed by atoms with Crippen LogP contribution in [0.3, 0.4) is 0 Å². The molecule has 0 atom stereocenters. The zero-order valence-corrected chi connectivity index (χ0v) is 19.7. The summed E-state index contributed by atoms with van der Waals surface area (Å²) in [6.45, 7) is 6.49. The van der Waals surface area contributed by atoms with Gasteiger partial charge in [0, 0.05) is 26.2 Å². The lowest BCUT2D eigenvalue weighted by molar-refractivity contribution is 0.0391. The monoisotopic (exact) mass is 479 g/mol. The van der Waals surface area contributed by atoms with E-state index in [9.17, 15) is 9.59 Å². The number of para-hydroxylation sites is 1. The second kappa shape index (κ2) is 9.92. The van der Waals surface area contributed by atoms with E-state index in [4.69, 9.17) is 18.9 Å². The molecule has 0 bridgehead atoms. The number of thiazole rings is 1. The second-order valence-corrected chi connectivity index (χ2v) is 8.95. The summed E-state index contributed by atoms with van der Waals surface area (Å²) in [6, 6.07) is 12.6. The molecule has 0 saturated carbocycles. The van der Waals surface area contributed by atoms with Crippen LogP contribution in [0.15, 0.2) is 57.9 Å². The molecule has 176 valence electrons. The summed E-state index contributed by atoms with van der Waals surface area (Å²) in [4.78, 5) is 35.4. The molecule has 34 heavy (non-hydrogen) atoms. The first-order chi connectivity index (χ1) is 16.6. The number of nitrogens with zero attached hydrogens (tertiary/aromatic N) is 3. The summed E-state index contributed by atoms with van der Waals surface area (Å²) in [5, 5.41) is 0.918. The maximum absolute atomic E-state index is 13.7. The molecule has 1 aliphatic rings. The van der Waals surface area contributed by atoms with Gasteiger partial charge in [-0.2, -0.15) is 0 Å². The number of hydrogen-bond donors (Lipinski definition) is 0. The number of fused-ring (bicyclic) bond motifs is 2. The highest BCUT2D eigenvalue weighted by molar-refractivity contribution is 7.22. The lowest BCUT2D eigenvalue weighted by Gasteiger charge is -2.29. The van der Waals surface area contributed by atoms with Gasteiger partial charge in [0.1, 0.15) is 23.2 Å². The summed E-state index contributed by atoms with van der Waals surface area (Å²) in [5.74, 6) is 0.336. The Balaban J connectivity index is 1.51. The molecule has 3 heterocycles. The lowest BCUT2D eigenvalue weighted by Crippen LogP contribution is -2.44. The van der Waals surface area contributed by atoms with Gasteiger partial charge in [-0.1, -0.05) is 23.5 Å². The predicted molar refractivity (Wildman–Crippen MR) is 132 cm³/mol. The topological polar surface area (TPSA) is 85.1 Å². The third kappa shape index (κ3) is 4.54. The molecule has 0 aliphatic carbocycles. The predicted octanol–water partition coefficient (Wildman–Crippen LogP) is 3.78. The van der Waals surface area contributed by atoms with Gasteiger partial charge in [0.25, 0.3) is 5.91 Å². The van der Waals surface area contributed by atoms with Gasteiger partial charge in [-0.05, 0) is 37.3 Å². The highest BCUT2D eigenvalue weighted by Crippen LogP contribution is 2.32. The van der Waals surface area contributed by atoms with Gasteiger partial charge in [-0.25, -0.2) is 4.98 Å². The largest absolute Gasteiger partial charge is 0.494 e. The number of morpholine rings is 1. The Kier molecular flexibility index (Phi) is 6.57. The van der Waals surface area contributed by atoms with Crippen LogP contribution >= 0.6 is 11.3 Å². The van der Waals surface area contributed by atoms with Crippen molar-refractivity contribution >= 4 is 43.6 Å². The minimum atomic E-state index is -0.420. The molecule has 0 unspecified atom stereocenters. The third-order valence-electron chi connectivity index (χ3n) is 5.79. The number of carbonyl (C=O) groups is 1. The van der Waals surface area contributed by atoms with Crippen molar-refractivity contribution in [2.24, 2.45) is 0 Å². The van der Waals surface area contributed by atoms with E-state index in [0.717, 1.165) is 29.1 Å². The van der Waals surface area contributed by atoms with E-state index in [1.165, 1.54) is 17.6 Å². The molecule has 1 aliphatic heterocycles. The minimum absolute atomic E-state index is 0.00469. The molecule has 0 radical (unpaired) electrons. The zero-order valence-electron chi connectivity index (χ0n) is 18.9. The van der Waals surface area contributed by atoms with Crippen LogP contribution in [0.1, 0.15) is 17.3 Å². The standard InChI is InChI=1S/C25H25N3O5S/c1-2-32-17-7-8-20-22(15-17)34-25(26-20)28(10-9-27-11-13-31-14-12-27)24(30)19-16-33-21-6-4-3-5-18(21)23(19)29/h3-8,15-16H,2,9-14H2,1H3. The van der Waals surface area contributed by atoms with Crippen LogP contribution < -0.4 is 15.1 Å². The van der Waals surface area contributed by atoms with E-state index in [2.05, 4.69) is 4.90 Å². The number of rotatable bonds is 7. The average Bonchev–Trinajstić information content (AvgIpc) is 3.28. The fourth-order valence-corrected chi connectivity index (χ4v) is 5.00. The molecule has 4 aromatic rings. The first-order valence-corrected chi connectivity index (χ1v) is 12.1. The number of ether oxygens (including phenoxy) is 2. The SMILES string of the molecule is CCOc1ccc2nc(N(CCN3CCOCC3)C(=O)c3coc4ccccc4c3=O)sc2c1. The Morgan fingerprint density at radius 2 is 2.03 bits per heavy atom. The van der Waals surface area contributed by atoms with Gasteiger partial charge in [-0.3, -0.25) is 19.4 Å². The highest BCUT2D eigenvalue weighted by Gasteiger charge is 2.26. The molecule has 1 saturated heterocycles. The molecule has 9 heteroatoms. The van der Waals surface area contributed by atoms with E-state index in [-0.39, 0.29) is 11.0 Å². The Morgan fingerprint density at radius 3 is 2.85 bits per heavy atom. The maximum Gasteiger partial charge on any atom is 0.267 e. The van der Waals surface area contributed by atoms with Crippen molar-refractivity contribution in [3.05, 3.63) is 64.5 Å². The molecule has 2 aromatic carbocycles. The Labute approximate surface area is 200 Å². The molecule has 5 rings (SSSR count). The number of aromatic nitrogens is 1. The molecule has 1 amide bonds. The number of benzene rings is 2. The van der Waals surface area contributed by atoms with Crippen LogP contribution in [0.2, 0.25) is 0 Å². The van der Waals surface area contributed by atoms with Crippen LogP contribution in [0.5, 0.6) is 5.75 Å². The molecular formula is C25H25N3O5S. The zero-order chi connectivity index (χ0) is 23.5. The summed E-state index contributed by atoms with van der Waals surface area (Å²) in [6.07, 6.45) is 1.26. The Bertz CT molecular complexity index is 1380. The molecule has 1 fully saturated rings.